The van der Waals surface area contributed by atoms with Crippen LogP contribution < -0.4 is 15.0 Å². The van der Waals surface area contributed by atoms with Gasteiger partial charge in [-0.25, -0.2) is 0 Å². The molecule has 1 aliphatic rings. The molecular formula is C21H26N2O2. The van der Waals surface area contributed by atoms with Crippen LogP contribution in [-0.2, 0) is 0 Å². The lowest BCUT2D eigenvalue weighted by molar-refractivity contribution is 0.102. The Balaban J connectivity index is 1.65. The summed E-state index contributed by atoms with van der Waals surface area (Å²) in [5.41, 5.74) is 3.66. The van der Waals surface area contributed by atoms with Crippen LogP contribution in [0.25, 0.3) is 0 Å². The molecule has 0 unspecified atom stereocenters. The molecule has 1 fully saturated rings. The number of amides is 1. The Bertz CT molecular complexity index is 719. The minimum absolute atomic E-state index is 0.100. The molecular weight excluding hydrogens is 312 g/mol. The quantitative estimate of drug-likeness (QED) is 0.864. The molecule has 3 rings (SSSR count). The molecule has 0 aromatic heterocycles. The molecule has 1 saturated heterocycles. The van der Waals surface area contributed by atoms with E-state index in [4.69, 9.17) is 4.74 Å². The van der Waals surface area contributed by atoms with Crippen molar-refractivity contribution in [3.63, 3.8) is 0 Å². The number of hydrogen-bond acceptors (Lipinski definition) is 3. The molecule has 1 aliphatic heterocycles. The van der Waals surface area contributed by atoms with Crippen molar-refractivity contribution in [1.82, 2.24) is 0 Å². The number of piperidine rings is 1. The lowest BCUT2D eigenvalue weighted by Gasteiger charge is -2.28. The highest BCUT2D eigenvalue weighted by Crippen LogP contribution is 2.23. The third-order valence-electron chi connectivity index (χ3n) is 4.58. The van der Waals surface area contributed by atoms with Crippen molar-refractivity contribution in [2.24, 2.45) is 0 Å². The summed E-state index contributed by atoms with van der Waals surface area (Å²) in [7, 11) is 0. The Morgan fingerprint density at radius 2 is 1.80 bits per heavy atom. The normalized spacial score (nSPS) is 14.2. The van der Waals surface area contributed by atoms with Gasteiger partial charge in [0.2, 0.25) is 0 Å². The number of hydrogen-bond donors (Lipinski definition) is 1. The van der Waals surface area contributed by atoms with Crippen molar-refractivity contribution in [2.45, 2.75) is 33.1 Å². The molecule has 4 heteroatoms. The number of carbonyl (C=O) groups excluding carboxylic acids is 1. The predicted molar refractivity (Wildman–Crippen MR) is 103 cm³/mol. The summed E-state index contributed by atoms with van der Waals surface area (Å²) in [5, 5.41) is 2.97. The predicted octanol–water partition coefficient (Wildman–Crippen LogP) is 4.64. The standard InChI is InChI=1S/C21H26N2O2/c1-3-25-20-12-7-17(15-16(20)2)21(24)22-18-8-10-19(11-9-18)23-13-5-4-6-14-23/h7-12,15H,3-6,13-14H2,1-2H3,(H,22,24). The number of nitrogens with zero attached hydrogens (tertiary/aromatic N) is 1. The lowest BCUT2D eigenvalue weighted by atomic mass is 10.1. The van der Waals surface area contributed by atoms with E-state index in [1.165, 1.54) is 24.9 Å². The van der Waals surface area contributed by atoms with Crippen LogP contribution in [0.3, 0.4) is 0 Å². The van der Waals surface area contributed by atoms with Crippen LogP contribution in [0.2, 0.25) is 0 Å². The van der Waals surface area contributed by atoms with Gasteiger partial charge in [0.1, 0.15) is 5.75 Å². The van der Waals surface area contributed by atoms with Crippen LogP contribution in [0.4, 0.5) is 11.4 Å². The summed E-state index contributed by atoms with van der Waals surface area (Å²) < 4.78 is 5.52. The van der Waals surface area contributed by atoms with Crippen LogP contribution in [0.1, 0.15) is 42.1 Å². The van der Waals surface area contributed by atoms with E-state index in [0.717, 1.165) is 30.1 Å². The molecule has 4 nitrogen and oxygen atoms in total. The van der Waals surface area contributed by atoms with E-state index in [1.807, 2.05) is 38.1 Å². The molecule has 132 valence electrons. The topological polar surface area (TPSA) is 41.6 Å². The first-order chi connectivity index (χ1) is 12.2. The third kappa shape index (κ3) is 4.32. The van der Waals surface area contributed by atoms with Crippen LogP contribution in [-0.4, -0.2) is 25.6 Å². The van der Waals surface area contributed by atoms with Crippen molar-refractivity contribution in [1.29, 1.82) is 0 Å². The molecule has 0 spiro atoms. The second-order valence-corrected chi connectivity index (χ2v) is 6.46. The largest absolute Gasteiger partial charge is 0.494 e. The van der Waals surface area contributed by atoms with Crippen LogP contribution >= 0.6 is 0 Å². The van der Waals surface area contributed by atoms with Gasteiger partial charge in [-0.05, 0) is 81.1 Å². The minimum Gasteiger partial charge on any atom is -0.494 e. The Labute approximate surface area is 149 Å². The van der Waals surface area contributed by atoms with E-state index in [0.29, 0.717) is 12.2 Å². The van der Waals surface area contributed by atoms with Gasteiger partial charge in [0, 0.05) is 30.0 Å². The molecule has 2 aromatic carbocycles. The van der Waals surface area contributed by atoms with E-state index < -0.39 is 0 Å². The molecule has 0 aliphatic carbocycles. The van der Waals surface area contributed by atoms with Gasteiger partial charge in [0.25, 0.3) is 5.91 Å². The smallest absolute Gasteiger partial charge is 0.255 e. The summed E-state index contributed by atoms with van der Waals surface area (Å²) in [6.07, 6.45) is 3.84. The maximum atomic E-state index is 12.5. The Morgan fingerprint density at radius 3 is 2.44 bits per heavy atom. The first-order valence-corrected chi connectivity index (χ1v) is 9.07. The summed E-state index contributed by atoms with van der Waals surface area (Å²) >= 11 is 0. The average molecular weight is 338 g/mol. The van der Waals surface area contributed by atoms with Gasteiger partial charge in [0.05, 0.1) is 6.61 Å². The monoisotopic (exact) mass is 338 g/mol. The van der Waals surface area contributed by atoms with Crippen LogP contribution in [0.15, 0.2) is 42.5 Å². The molecule has 1 N–H and O–H groups in total. The van der Waals surface area contributed by atoms with Crippen molar-refractivity contribution >= 4 is 17.3 Å². The van der Waals surface area contributed by atoms with Crippen molar-refractivity contribution in [3.05, 3.63) is 53.6 Å². The average Bonchev–Trinajstić information content (AvgIpc) is 2.65. The zero-order valence-electron chi connectivity index (χ0n) is 15.0. The summed E-state index contributed by atoms with van der Waals surface area (Å²) in [6.45, 7) is 6.77. The highest BCUT2D eigenvalue weighted by molar-refractivity contribution is 6.04. The number of nitrogens with one attached hydrogen (secondary N) is 1. The first-order valence-electron chi connectivity index (χ1n) is 9.07. The molecule has 0 bridgehead atoms. The highest BCUT2D eigenvalue weighted by atomic mass is 16.5. The molecule has 1 heterocycles. The Hall–Kier alpha value is -2.49. The highest BCUT2D eigenvalue weighted by Gasteiger charge is 2.12. The van der Waals surface area contributed by atoms with Gasteiger partial charge in [-0.2, -0.15) is 0 Å². The summed E-state index contributed by atoms with van der Waals surface area (Å²) in [6, 6.07) is 13.6. The molecule has 1 amide bonds. The molecule has 0 radical (unpaired) electrons. The first kappa shape index (κ1) is 17.3. The molecule has 0 saturated carbocycles. The van der Waals surface area contributed by atoms with E-state index in [-0.39, 0.29) is 5.91 Å². The number of carbonyl (C=O) groups is 1. The van der Waals surface area contributed by atoms with Gasteiger partial charge < -0.3 is 15.0 Å². The second-order valence-electron chi connectivity index (χ2n) is 6.46. The van der Waals surface area contributed by atoms with Gasteiger partial charge in [0.15, 0.2) is 0 Å². The molecule has 0 atom stereocenters. The molecule has 25 heavy (non-hydrogen) atoms. The van der Waals surface area contributed by atoms with E-state index in [2.05, 4.69) is 22.3 Å². The van der Waals surface area contributed by atoms with Gasteiger partial charge in [-0.15, -0.1) is 0 Å². The second kappa shape index (κ2) is 8.06. The number of aryl methyl sites for hydroxylation is 1. The van der Waals surface area contributed by atoms with Gasteiger partial charge in [-0.3, -0.25) is 4.79 Å². The fourth-order valence-corrected chi connectivity index (χ4v) is 3.22. The van der Waals surface area contributed by atoms with E-state index >= 15 is 0 Å². The molecule has 2 aromatic rings. The summed E-state index contributed by atoms with van der Waals surface area (Å²) in [5.74, 6) is 0.724. The zero-order valence-corrected chi connectivity index (χ0v) is 15.0. The number of benzene rings is 2. The van der Waals surface area contributed by atoms with E-state index in [1.54, 1.807) is 6.07 Å². The summed E-state index contributed by atoms with van der Waals surface area (Å²) in [4.78, 5) is 14.9. The van der Waals surface area contributed by atoms with Crippen molar-refractivity contribution in [3.8, 4) is 5.75 Å². The zero-order chi connectivity index (χ0) is 17.6. The van der Waals surface area contributed by atoms with Gasteiger partial charge in [-0.1, -0.05) is 0 Å². The Kier molecular flexibility index (Phi) is 5.59. The SMILES string of the molecule is CCOc1ccc(C(=O)Nc2ccc(N3CCCCC3)cc2)cc1C. The van der Waals surface area contributed by atoms with Crippen molar-refractivity contribution in [2.75, 3.05) is 29.9 Å². The third-order valence-corrected chi connectivity index (χ3v) is 4.58. The maximum absolute atomic E-state index is 12.5. The van der Waals surface area contributed by atoms with Crippen LogP contribution in [0, 0.1) is 6.92 Å². The fraction of sp³-hybridized carbons (Fsp3) is 0.381. The van der Waals surface area contributed by atoms with Crippen LogP contribution in [0.5, 0.6) is 5.75 Å². The van der Waals surface area contributed by atoms with E-state index in [9.17, 15) is 4.79 Å². The number of ether oxygens (including phenoxy) is 1. The number of anilines is 2. The number of rotatable bonds is 5. The van der Waals surface area contributed by atoms with Crippen molar-refractivity contribution < 1.29 is 9.53 Å². The maximum Gasteiger partial charge on any atom is 0.255 e. The van der Waals surface area contributed by atoms with Gasteiger partial charge >= 0.3 is 0 Å². The fourth-order valence-electron chi connectivity index (χ4n) is 3.22. The lowest BCUT2D eigenvalue weighted by Crippen LogP contribution is -2.29. The Morgan fingerprint density at radius 1 is 1.08 bits per heavy atom. The minimum atomic E-state index is -0.100.